The average Bonchev–Trinajstić information content (AvgIpc) is 2.04. The summed E-state index contributed by atoms with van der Waals surface area (Å²) in [5.41, 5.74) is 3.02. The molecule has 2 rings (SSSR count). The normalized spacial score (nSPS) is 25.5. The van der Waals surface area contributed by atoms with Crippen LogP contribution in [0.3, 0.4) is 0 Å². The van der Waals surface area contributed by atoms with E-state index in [1.807, 2.05) is 12.3 Å². The molecule has 1 aromatic heterocycles. The Morgan fingerprint density at radius 1 is 1.45 bits per heavy atom. The lowest BCUT2D eigenvalue weighted by Crippen LogP contribution is -2.37. The van der Waals surface area contributed by atoms with Crippen LogP contribution in [0.15, 0.2) is 18.3 Å². The second-order valence-electron chi connectivity index (χ2n) is 3.88. The smallest absolute Gasteiger partial charge is 0.0500 e. The van der Waals surface area contributed by atoms with Crippen molar-refractivity contribution in [3.63, 3.8) is 0 Å². The molecule has 1 heteroatoms. The second kappa shape index (κ2) is 1.84. The van der Waals surface area contributed by atoms with E-state index in [9.17, 15) is 0 Å². The van der Waals surface area contributed by atoms with Crippen molar-refractivity contribution in [1.82, 2.24) is 4.98 Å². The highest BCUT2D eigenvalue weighted by atomic mass is 14.7. The van der Waals surface area contributed by atoms with Crippen molar-refractivity contribution in [3.8, 4) is 0 Å². The minimum absolute atomic E-state index is 0.302. The molecule has 1 nitrogen and oxygen atoms in total. The Bertz CT molecular complexity index is 289. The summed E-state index contributed by atoms with van der Waals surface area (Å²) in [6.07, 6.45) is 1.88. The van der Waals surface area contributed by atoms with Crippen molar-refractivity contribution in [2.45, 2.75) is 32.1 Å². The van der Waals surface area contributed by atoms with Crippen molar-refractivity contribution in [1.29, 1.82) is 0 Å². The molecule has 0 spiro atoms. The SMILES string of the molecule is CC1c2cccnc2C1(C)C. The van der Waals surface area contributed by atoms with Gasteiger partial charge in [-0.25, -0.2) is 0 Å². The first-order valence-electron chi connectivity index (χ1n) is 4.09. The second-order valence-corrected chi connectivity index (χ2v) is 3.88. The fourth-order valence-corrected chi connectivity index (χ4v) is 1.82. The van der Waals surface area contributed by atoms with Crippen LogP contribution >= 0.6 is 0 Å². The molecule has 0 saturated heterocycles. The van der Waals surface area contributed by atoms with E-state index in [-0.39, 0.29) is 0 Å². The number of rotatable bonds is 0. The summed E-state index contributed by atoms with van der Waals surface area (Å²) >= 11 is 0. The zero-order valence-electron chi connectivity index (χ0n) is 7.26. The van der Waals surface area contributed by atoms with Gasteiger partial charge in [0.2, 0.25) is 0 Å². The number of hydrogen-bond acceptors (Lipinski definition) is 1. The minimum Gasteiger partial charge on any atom is -0.260 e. The highest BCUT2D eigenvalue weighted by Gasteiger charge is 2.42. The van der Waals surface area contributed by atoms with Crippen molar-refractivity contribution in [2.24, 2.45) is 0 Å². The lowest BCUT2D eigenvalue weighted by molar-refractivity contribution is 0.355. The van der Waals surface area contributed by atoms with Crippen molar-refractivity contribution in [2.75, 3.05) is 0 Å². The minimum atomic E-state index is 0.302. The molecule has 0 N–H and O–H groups in total. The van der Waals surface area contributed by atoms with Crippen LogP contribution in [0, 0.1) is 0 Å². The van der Waals surface area contributed by atoms with Crippen molar-refractivity contribution >= 4 is 0 Å². The van der Waals surface area contributed by atoms with E-state index in [0.29, 0.717) is 11.3 Å². The van der Waals surface area contributed by atoms with Gasteiger partial charge in [0.05, 0.1) is 5.69 Å². The molecule has 1 aromatic rings. The van der Waals surface area contributed by atoms with Gasteiger partial charge in [-0.15, -0.1) is 0 Å². The van der Waals surface area contributed by atoms with Crippen molar-refractivity contribution in [3.05, 3.63) is 29.6 Å². The van der Waals surface area contributed by atoms with Crippen LogP contribution in [0.5, 0.6) is 0 Å². The lowest BCUT2D eigenvalue weighted by Gasteiger charge is -2.43. The Kier molecular flexibility index (Phi) is 1.15. The average molecular weight is 147 g/mol. The van der Waals surface area contributed by atoms with Gasteiger partial charge < -0.3 is 0 Å². The monoisotopic (exact) mass is 147 g/mol. The number of pyridine rings is 1. The van der Waals surface area contributed by atoms with Crippen LogP contribution in [0.4, 0.5) is 0 Å². The Balaban J connectivity index is 2.56. The van der Waals surface area contributed by atoms with Crippen LogP contribution in [0.25, 0.3) is 0 Å². The summed E-state index contributed by atoms with van der Waals surface area (Å²) in [4.78, 5) is 4.37. The number of nitrogens with zero attached hydrogens (tertiary/aromatic N) is 1. The van der Waals surface area contributed by atoms with Gasteiger partial charge >= 0.3 is 0 Å². The number of aromatic nitrogens is 1. The first kappa shape index (κ1) is 6.84. The molecule has 0 bridgehead atoms. The fraction of sp³-hybridized carbons (Fsp3) is 0.500. The maximum atomic E-state index is 4.37. The highest BCUT2D eigenvalue weighted by molar-refractivity contribution is 5.43. The van der Waals surface area contributed by atoms with E-state index in [1.165, 1.54) is 11.3 Å². The summed E-state index contributed by atoms with van der Waals surface area (Å²) in [6, 6.07) is 4.20. The van der Waals surface area contributed by atoms with E-state index in [2.05, 4.69) is 31.8 Å². The molecular weight excluding hydrogens is 134 g/mol. The maximum Gasteiger partial charge on any atom is 0.0500 e. The predicted octanol–water partition coefficient (Wildman–Crippen LogP) is 2.48. The molecule has 1 atom stereocenters. The molecule has 0 fully saturated rings. The van der Waals surface area contributed by atoms with E-state index < -0.39 is 0 Å². The third-order valence-electron chi connectivity index (χ3n) is 3.00. The Hall–Kier alpha value is -0.850. The summed E-state index contributed by atoms with van der Waals surface area (Å²) in [6.45, 7) is 6.78. The fourth-order valence-electron chi connectivity index (χ4n) is 1.82. The van der Waals surface area contributed by atoms with Crippen LogP contribution in [0.1, 0.15) is 37.9 Å². The van der Waals surface area contributed by atoms with Gasteiger partial charge in [-0.2, -0.15) is 0 Å². The van der Waals surface area contributed by atoms with Gasteiger partial charge in [0.1, 0.15) is 0 Å². The molecule has 1 aliphatic rings. The zero-order chi connectivity index (χ0) is 8.06. The molecule has 1 unspecified atom stereocenters. The third-order valence-corrected chi connectivity index (χ3v) is 3.00. The quantitative estimate of drug-likeness (QED) is 0.549. The molecular formula is C10H13N. The Morgan fingerprint density at radius 2 is 2.18 bits per heavy atom. The molecule has 0 amide bonds. The van der Waals surface area contributed by atoms with Crippen LogP contribution in [0.2, 0.25) is 0 Å². The first-order valence-corrected chi connectivity index (χ1v) is 4.09. The number of fused-ring (bicyclic) bond motifs is 1. The molecule has 0 radical (unpaired) electrons. The zero-order valence-corrected chi connectivity index (χ0v) is 7.26. The van der Waals surface area contributed by atoms with Crippen LogP contribution < -0.4 is 0 Å². The molecule has 0 saturated carbocycles. The van der Waals surface area contributed by atoms with Gasteiger partial charge in [0, 0.05) is 11.6 Å². The van der Waals surface area contributed by atoms with E-state index in [4.69, 9.17) is 0 Å². The van der Waals surface area contributed by atoms with Crippen LogP contribution in [-0.2, 0) is 5.41 Å². The molecule has 0 aliphatic heterocycles. The van der Waals surface area contributed by atoms with Gasteiger partial charge in [-0.1, -0.05) is 26.8 Å². The molecule has 0 aromatic carbocycles. The number of hydrogen-bond donors (Lipinski definition) is 0. The Morgan fingerprint density at radius 3 is 2.82 bits per heavy atom. The molecule has 11 heavy (non-hydrogen) atoms. The van der Waals surface area contributed by atoms with Gasteiger partial charge in [-0.3, -0.25) is 4.98 Å². The molecule has 58 valence electrons. The molecule has 1 aliphatic carbocycles. The van der Waals surface area contributed by atoms with Gasteiger partial charge in [0.25, 0.3) is 0 Å². The van der Waals surface area contributed by atoms with E-state index in [1.54, 1.807) is 0 Å². The van der Waals surface area contributed by atoms with Gasteiger partial charge in [-0.05, 0) is 17.5 Å². The molecule has 1 heterocycles. The van der Waals surface area contributed by atoms with Crippen molar-refractivity contribution < 1.29 is 0 Å². The maximum absolute atomic E-state index is 4.37. The highest BCUT2D eigenvalue weighted by Crippen LogP contribution is 2.49. The standard InChI is InChI=1S/C10H13N/c1-7-8-5-4-6-11-9(8)10(7,2)3/h4-7H,1-3H3. The lowest BCUT2D eigenvalue weighted by atomic mass is 9.62. The summed E-state index contributed by atoms with van der Waals surface area (Å²) in [7, 11) is 0. The summed E-state index contributed by atoms with van der Waals surface area (Å²) < 4.78 is 0. The first-order chi connectivity index (χ1) is 5.14. The predicted molar refractivity (Wildman–Crippen MR) is 45.7 cm³/mol. The largest absolute Gasteiger partial charge is 0.260 e. The van der Waals surface area contributed by atoms with Gasteiger partial charge in [0.15, 0.2) is 0 Å². The van der Waals surface area contributed by atoms with E-state index >= 15 is 0 Å². The Labute approximate surface area is 67.5 Å². The van der Waals surface area contributed by atoms with E-state index in [0.717, 1.165) is 0 Å². The summed E-state index contributed by atoms with van der Waals surface area (Å²) in [5.74, 6) is 0.672. The topological polar surface area (TPSA) is 12.9 Å². The third kappa shape index (κ3) is 0.684. The summed E-state index contributed by atoms with van der Waals surface area (Å²) in [5, 5.41) is 0. The van der Waals surface area contributed by atoms with Crippen LogP contribution in [-0.4, -0.2) is 4.98 Å².